The van der Waals surface area contributed by atoms with Crippen molar-refractivity contribution in [3.63, 3.8) is 0 Å². The normalized spacial score (nSPS) is 44.0. The van der Waals surface area contributed by atoms with Crippen LogP contribution in [0.3, 0.4) is 0 Å². The van der Waals surface area contributed by atoms with Gasteiger partial charge in [0.1, 0.15) is 0 Å². The van der Waals surface area contributed by atoms with Crippen LogP contribution in [0.4, 0.5) is 0 Å². The predicted molar refractivity (Wildman–Crippen MR) is 101 cm³/mol. The van der Waals surface area contributed by atoms with Gasteiger partial charge in [0.2, 0.25) is 0 Å². The standard InChI is InChI=1S/C21H33N3O3/c1-13-5-6-15-9-16-17(18(25)26)14(11-27-3)10-21(13,16)20(15)7-4-8-24(12-20)19(22)23-2/h13-15H,4-12H2,1-3H3,(H2,22,23)(H,25,26). The van der Waals surface area contributed by atoms with E-state index in [1.807, 2.05) is 0 Å². The van der Waals surface area contributed by atoms with Gasteiger partial charge in [0.25, 0.3) is 5.96 Å². The number of quaternary nitrogens is 1. The number of methoxy groups -OCH3 is 1. The van der Waals surface area contributed by atoms with E-state index in [0.29, 0.717) is 30.0 Å². The fourth-order valence-corrected chi connectivity index (χ4v) is 7.68. The van der Waals surface area contributed by atoms with Gasteiger partial charge in [-0.3, -0.25) is 4.90 Å². The van der Waals surface area contributed by atoms with Crippen LogP contribution < -0.4 is 15.7 Å². The van der Waals surface area contributed by atoms with Gasteiger partial charge in [0.15, 0.2) is 0 Å². The van der Waals surface area contributed by atoms with Crippen molar-refractivity contribution in [3.8, 4) is 0 Å². The lowest BCUT2D eigenvalue weighted by Gasteiger charge is -2.57. The summed E-state index contributed by atoms with van der Waals surface area (Å²) in [6, 6.07) is 0. The van der Waals surface area contributed by atoms with Crippen LogP contribution in [0.5, 0.6) is 0 Å². The molecule has 6 heteroatoms. The highest BCUT2D eigenvalue weighted by Crippen LogP contribution is 2.74. The van der Waals surface area contributed by atoms with Gasteiger partial charge in [-0.05, 0) is 55.9 Å². The van der Waals surface area contributed by atoms with E-state index in [-0.39, 0.29) is 16.7 Å². The van der Waals surface area contributed by atoms with Crippen molar-refractivity contribution in [1.82, 2.24) is 0 Å². The molecule has 3 aliphatic carbocycles. The number of hydrogen-bond acceptors (Lipinski definition) is 4. The van der Waals surface area contributed by atoms with E-state index in [1.54, 1.807) is 14.2 Å². The summed E-state index contributed by atoms with van der Waals surface area (Å²) in [5.41, 5.74) is 8.11. The molecule has 1 heterocycles. The van der Waals surface area contributed by atoms with Crippen LogP contribution in [0.2, 0.25) is 0 Å². The van der Waals surface area contributed by atoms with E-state index < -0.39 is 5.97 Å². The van der Waals surface area contributed by atoms with Gasteiger partial charge < -0.3 is 20.4 Å². The Morgan fingerprint density at radius 2 is 2.22 bits per heavy atom. The van der Waals surface area contributed by atoms with Crippen LogP contribution in [0, 0.1) is 28.6 Å². The van der Waals surface area contributed by atoms with Gasteiger partial charge in [-0.2, -0.15) is 0 Å². The number of ether oxygens (including phenoxy) is 1. The monoisotopic (exact) mass is 375 g/mol. The number of likely N-dealkylation sites (tertiary alicyclic amines) is 1. The van der Waals surface area contributed by atoms with Gasteiger partial charge in [-0.25, -0.2) is 4.99 Å². The smallest absolute Gasteiger partial charge is 0.293 e. The maximum Gasteiger partial charge on any atom is 0.293 e. The zero-order chi connectivity index (χ0) is 19.4. The lowest BCUT2D eigenvalue weighted by molar-refractivity contribution is -0.826. The van der Waals surface area contributed by atoms with E-state index in [2.05, 4.69) is 11.9 Å². The number of carbonyl (C=O) groups excluding carboxylic acids is 1. The SMILES string of the molecule is CN=C(N)[NH+]1CCCC2(C1)C1CCC(C)C23CC(COC)C(C(=O)[O-])=C3C1. The number of guanidine groups is 1. The number of allylic oxidation sites excluding steroid dienone is 1. The summed E-state index contributed by atoms with van der Waals surface area (Å²) in [5, 5.41) is 12.1. The molecule has 4 aliphatic rings. The molecule has 3 fully saturated rings. The zero-order valence-electron chi connectivity index (χ0n) is 16.8. The third-order valence-electron chi connectivity index (χ3n) is 8.57. The molecule has 27 heavy (non-hydrogen) atoms. The van der Waals surface area contributed by atoms with Gasteiger partial charge in [-0.15, -0.1) is 0 Å². The summed E-state index contributed by atoms with van der Waals surface area (Å²) in [6.07, 6.45) is 6.49. The number of hydrogen-bond donors (Lipinski definition) is 2. The van der Waals surface area contributed by atoms with Crippen molar-refractivity contribution in [2.24, 2.45) is 39.3 Å². The molecule has 2 bridgehead atoms. The second kappa shape index (κ2) is 6.59. The number of carboxylic acid groups (broad SMARTS) is 1. The van der Waals surface area contributed by atoms with Crippen LogP contribution in [0.1, 0.15) is 45.4 Å². The summed E-state index contributed by atoms with van der Waals surface area (Å²) in [6.45, 7) is 4.82. The molecule has 0 aromatic rings. The Hall–Kier alpha value is -1.40. The first-order valence-electron chi connectivity index (χ1n) is 10.4. The highest BCUT2D eigenvalue weighted by molar-refractivity contribution is 5.88. The lowest BCUT2D eigenvalue weighted by atomic mass is 9.48. The summed E-state index contributed by atoms with van der Waals surface area (Å²) >= 11 is 0. The average molecular weight is 376 g/mol. The Morgan fingerprint density at radius 1 is 1.44 bits per heavy atom. The quantitative estimate of drug-likeness (QED) is 0.525. The Bertz CT molecular complexity index is 703. The largest absolute Gasteiger partial charge is 0.545 e. The molecular weight excluding hydrogens is 342 g/mol. The van der Waals surface area contributed by atoms with Gasteiger partial charge in [0.05, 0.1) is 25.7 Å². The first-order valence-corrected chi connectivity index (χ1v) is 10.4. The number of rotatable bonds is 3. The van der Waals surface area contributed by atoms with E-state index in [4.69, 9.17) is 10.5 Å². The van der Waals surface area contributed by atoms with Crippen molar-refractivity contribution in [2.45, 2.75) is 45.4 Å². The van der Waals surface area contributed by atoms with Crippen LogP contribution >= 0.6 is 0 Å². The molecule has 1 saturated heterocycles. The maximum atomic E-state index is 12.1. The Balaban J connectivity index is 1.84. The highest BCUT2D eigenvalue weighted by Gasteiger charge is 2.71. The number of aliphatic carboxylic acids is 1. The minimum Gasteiger partial charge on any atom is -0.545 e. The molecule has 2 saturated carbocycles. The van der Waals surface area contributed by atoms with E-state index >= 15 is 0 Å². The van der Waals surface area contributed by atoms with Crippen LogP contribution in [0.25, 0.3) is 0 Å². The average Bonchev–Trinajstić information content (AvgIpc) is 3.04. The Kier molecular flexibility index (Phi) is 4.62. The van der Waals surface area contributed by atoms with Crippen LogP contribution in [0.15, 0.2) is 16.1 Å². The number of piperidine rings is 1. The van der Waals surface area contributed by atoms with E-state index in [9.17, 15) is 9.90 Å². The molecular formula is C21H33N3O3. The molecule has 0 amide bonds. The highest BCUT2D eigenvalue weighted by atomic mass is 16.5. The molecule has 0 aromatic carbocycles. The summed E-state index contributed by atoms with van der Waals surface area (Å²) in [4.78, 5) is 17.7. The molecule has 0 aromatic heterocycles. The minimum atomic E-state index is -0.978. The second-order valence-corrected chi connectivity index (χ2v) is 9.29. The molecule has 6 atom stereocenters. The molecule has 0 radical (unpaired) electrons. The van der Waals surface area contributed by atoms with Crippen molar-refractivity contribution in [3.05, 3.63) is 11.1 Å². The molecule has 3 N–H and O–H groups in total. The Labute approximate surface area is 161 Å². The molecule has 4 rings (SSSR count). The molecule has 2 spiro atoms. The predicted octanol–water partition coefficient (Wildman–Crippen LogP) is -0.255. The third-order valence-corrected chi connectivity index (χ3v) is 8.57. The van der Waals surface area contributed by atoms with Crippen LogP contribution in [-0.2, 0) is 9.53 Å². The molecule has 6 unspecified atom stereocenters. The summed E-state index contributed by atoms with van der Waals surface area (Å²) < 4.78 is 5.42. The fraction of sp³-hybridized carbons (Fsp3) is 0.810. The molecule has 150 valence electrons. The first-order chi connectivity index (χ1) is 12.9. The second-order valence-electron chi connectivity index (χ2n) is 9.29. The van der Waals surface area contributed by atoms with Crippen molar-refractivity contribution in [1.29, 1.82) is 0 Å². The number of nitrogens with zero attached hydrogens (tertiary/aromatic N) is 1. The van der Waals surface area contributed by atoms with Gasteiger partial charge in [0, 0.05) is 30.9 Å². The summed E-state index contributed by atoms with van der Waals surface area (Å²) in [5.74, 6) is 0.715. The number of carbonyl (C=O) groups is 1. The van der Waals surface area contributed by atoms with Gasteiger partial charge in [-0.1, -0.05) is 12.5 Å². The topological polar surface area (TPSA) is 92.2 Å². The maximum absolute atomic E-state index is 12.1. The third kappa shape index (κ3) is 2.38. The first kappa shape index (κ1) is 18.9. The van der Waals surface area contributed by atoms with E-state index in [0.717, 1.165) is 32.4 Å². The number of nitrogens with two attached hydrogens (primary N) is 1. The van der Waals surface area contributed by atoms with Crippen molar-refractivity contribution in [2.75, 3.05) is 33.9 Å². The minimum absolute atomic E-state index is 0.0335. The van der Waals surface area contributed by atoms with Gasteiger partial charge >= 0.3 is 0 Å². The van der Waals surface area contributed by atoms with Crippen LogP contribution in [-0.4, -0.2) is 45.8 Å². The van der Waals surface area contributed by atoms with Crippen molar-refractivity contribution >= 4 is 11.9 Å². The lowest BCUT2D eigenvalue weighted by Crippen LogP contribution is -3.18. The zero-order valence-corrected chi connectivity index (χ0v) is 16.8. The molecule has 6 nitrogen and oxygen atoms in total. The van der Waals surface area contributed by atoms with E-state index in [1.165, 1.54) is 29.7 Å². The number of aliphatic imine (C=N–C) groups is 1. The Morgan fingerprint density at radius 3 is 2.89 bits per heavy atom. The summed E-state index contributed by atoms with van der Waals surface area (Å²) in [7, 11) is 3.43. The molecule has 1 aliphatic heterocycles. The number of carboxylic acids is 1. The fourth-order valence-electron chi connectivity index (χ4n) is 7.68. The van der Waals surface area contributed by atoms with Crippen molar-refractivity contribution < 1.29 is 19.5 Å². The number of nitrogens with one attached hydrogen (secondary N) is 1.